The number of hydrogen-bond donors (Lipinski definition) is 0. The van der Waals surface area contributed by atoms with Crippen LogP contribution >= 0.6 is 34.0 Å². The van der Waals surface area contributed by atoms with E-state index in [4.69, 9.17) is 21.0 Å². The quantitative estimate of drug-likeness (QED) is 0.467. The molecule has 0 bridgehead atoms. The minimum Gasteiger partial charge on any atom is -0.192 e. The monoisotopic (exact) mass is 414 g/mol. The Kier molecular flexibility index (Phi) is 4.19. The zero-order valence-electron chi connectivity index (χ0n) is 14.8. The number of fused-ring (bicyclic) bond motifs is 5. The molecule has 1 aliphatic carbocycles. The Morgan fingerprint density at radius 3 is 1.96 bits per heavy atom. The van der Waals surface area contributed by atoms with Gasteiger partial charge < -0.3 is 0 Å². The molecule has 0 spiro atoms. The predicted molar refractivity (Wildman–Crippen MR) is 114 cm³/mol. The van der Waals surface area contributed by atoms with Crippen LogP contribution in [0.15, 0.2) is 23.3 Å². The second-order valence-electron chi connectivity index (χ2n) is 6.73. The van der Waals surface area contributed by atoms with E-state index in [1.165, 1.54) is 25.6 Å². The van der Waals surface area contributed by atoms with Crippen LogP contribution in [0.4, 0.5) is 0 Å². The maximum absolute atomic E-state index is 9.01. The van der Waals surface area contributed by atoms with Gasteiger partial charge in [-0.15, -0.1) is 34.0 Å². The van der Waals surface area contributed by atoms with Gasteiger partial charge in [0.15, 0.2) is 0 Å². The third kappa shape index (κ3) is 2.58. The molecule has 3 aromatic rings. The molecule has 0 aromatic carbocycles. The standard InChI is InChI=1S/C21H10N4S3/c1-21(2)15-5-13(3-11(7-22)8-23)26-18(15)20-17(21)19-16(28-20)6-14(27-19)4-12(9-24)10-25/h3-6H,1-2H3. The summed E-state index contributed by atoms with van der Waals surface area (Å²) >= 11 is 4.92. The van der Waals surface area contributed by atoms with E-state index in [0.717, 1.165) is 14.5 Å². The van der Waals surface area contributed by atoms with Gasteiger partial charge in [-0.1, -0.05) is 13.8 Å². The number of allylic oxidation sites excluding steroid dienone is 2. The first-order valence-corrected chi connectivity index (χ1v) is 10.6. The summed E-state index contributed by atoms with van der Waals surface area (Å²) in [7, 11) is 0. The number of thiophene rings is 3. The van der Waals surface area contributed by atoms with Crippen molar-refractivity contribution >= 4 is 55.6 Å². The molecule has 0 amide bonds. The summed E-state index contributed by atoms with van der Waals surface area (Å²) in [4.78, 5) is 4.25. The van der Waals surface area contributed by atoms with E-state index >= 15 is 0 Å². The Labute approximate surface area is 173 Å². The fourth-order valence-corrected chi connectivity index (χ4v) is 7.74. The molecule has 132 valence electrons. The average molecular weight is 415 g/mol. The SMILES string of the molecule is CC1(C)c2cc(C=C(C#N)C#N)sc2-c2sc3cc(C=C(C#N)C#N)sc3c21. The molecule has 1 aliphatic rings. The molecule has 0 aliphatic heterocycles. The van der Waals surface area contributed by atoms with Gasteiger partial charge in [-0.3, -0.25) is 0 Å². The molecule has 3 aromatic heterocycles. The highest BCUT2D eigenvalue weighted by molar-refractivity contribution is 7.32. The van der Waals surface area contributed by atoms with Gasteiger partial charge in [0.1, 0.15) is 35.4 Å². The zero-order chi connectivity index (χ0) is 20.1. The van der Waals surface area contributed by atoms with Gasteiger partial charge in [-0.25, -0.2) is 0 Å². The highest BCUT2D eigenvalue weighted by Gasteiger charge is 2.41. The van der Waals surface area contributed by atoms with Crippen LogP contribution in [-0.4, -0.2) is 0 Å². The third-order valence-electron chi connectivity index (χ3n) is 4.69. The second kappa shape index (κ2) is 6.45. The summed E-state index contributed by atoms with van der Waals surface area (Å²) in [6.07, 6.45) is 3.28. The van der Waals surface area contributed by atoms with Gasteiger partial charge in [0.2, 0.25) is 0 Å². The molecule has 3 heterocycles. The second-order valence-corrected chi connectivity index (χ2v) is 9.95. The van der Waals surface area contributed by atoms with Crippen LogP contribution in [0.3, 0.4) is 0 Å². The van der Waals surface area contributed by atoms with Gasteiger partial charge in [0, 0.05) is 24.7 Å². The van der Waals surface area contributed by atoms with Gasteiger partial charge in [-0.05, 0) is 35.4 Å². The Bertz CT molecular complexity index is 1350. The largest absolute Gasteiger partial charge is 0.192 e. The van der Waals surface area contributed by atoms with E-state index in [0.29, 0.717) is 0 Å². The zero-order valence-corrected chi connectivity index (χ0v) is 17.3. The summed E-state index contributed by atoms with van der Waals surface area (Å²) in [5.41, 5.74) is 2.51. The van der Waals surface area contributed by atoms with E-state index in [1.54, 1.807) is 46.2 Å². The summed E-state index contributed by atoms with van der Waals surface area (Å²) in [5.74, 6) is 0. The van der Waals surface area contributed by atoms with Crippen LogP contribution in [-0.2, 0) is 5.41 Å². The average Bonchev–Trinajstić information content (AvgIpc) is 3.38. The van der Waals surface area contributed by atoms with Crippen molar-refractivity contribution < 1.29 is 0 Å². The molecule has 0 atom stereocenters. The molecule has 0 saturated heterocycles. The number of rotatable bonds is 2. The summed E-state index contributed by atoms with van der Waals surface area (Å²) in [6.45, 7) is 4.37. The fraction of sp³-hybridized carbons (Fsp3) is 0.143. The first-order chi connectivity index (χ1) is 13.4. The van der Waals surface area contributed by atoms with Gasteiger partial charge in [-0.2, -0.15) is 21.0 Å². The third-order valence-corrected chi connectivity index (χ3v) is 8.31. The Hall–Kier alpha value is -3.20. The fourth-order valence-electron chi connectivity index (χ4n) is 3.42. The molecule has 0 N–H and O–H groups in total. The normalized spacial score (nSPS) is 12.8. The van der Waals surface area contributed by atoms with E-state index in [2.05, 4.69) is 19.9 Å². The van der Waals surface area contributed by atoms with Gasteiger partial charge in [0.25, 0.3) is 0 Å². The molecule has 0 radical (unpaired) electrons. The number of nitriles is 4. The number of hydrogen-bond acceptors (Lipinski definition) is 7. The summed E-state index contributed by atoms with van der Waals surface area (Å²) < 4.78 is 2.34. The van der Waals surface area contributed by atoms with Crippen molar-refractivity contribution in [3.8, 4) is 34.0 Å². The first-order valence-electron chi connectivity index (χ1n) is 8.18. The minimum atomic E-state index is -0.190. The van der Waals surface area contributed by atoms with Crippen LogP contribution in [0.1, 0.15) is 34.7 Å². The van der Waals surface area contributed by atoms with Crippen LogP contribution in [0.5, 0.6) is 0 Å². The smallest absolute Gasteiger partial charge is 0.131 e. The highest BCUT2D eigenvalue weighted by Crippen LogP contribution is 2.59. The molecular formula is C21H10N4S3. The molecular weight excluding hydrogens is 404 g/mol. The van der Waals surface area contributed by atoms with Crippen molar-refractivity contribution in [2.75, 3.05) is 0 Å². The maximum atomic E-state index is 9.01. The van der Waals surface area contributed by atoms with E-state index in [-0.39, 0.29) is 16.6 Å². The van der Waals surface area contributed by atoms with Crippen LogP contribution in [0.2, 0.25) is 0 Å². The molecule has 4 rings (SSSR count). The van der Waals surface area contributed by atoms with Crippen molar-refractivity contribution in [2.24, 2.45) is 0 Å². The lowest BCUT2D eigenvalue weighted by atomic mass is 9.84. The molecule has 0 fully saturated rings. The van der Waals surface area contributed by atoms with E-state index in [1.807, 2.05) is 30.3 Å². The lowest BCUT2D eigenvalue weighted by Crippen LogP contribution is -2.13. The summed E-state index contributed by atoms with van der Waals surface area (Å²) in [6, 6.07) is 11.7. The highest BCUT2D eigenvalue weighted by atomic mass is 32.1. The lowest BCUT2D eigenvalue weighted by molar-refractivity contribution is 0.669. The van der Waals surface area contributed by atoms with Crippen molar-refractivity contribution in [3.63, 3.8) is 0 Å². The molecule has 0 unspecified atom stereocenters. The first kappa shape index (κ1) is 18.2. The Balaban J connectivity index is 1.87. The van der Waals surface area contributed by atoms with Crippen molar-refractivity contribution in [2.45, 2.75) is 19.3 Å². The van der Waals surface area contributed by atoms with Gasteiger partial charge >= 0.3 is 0 Å². The van der Waals surface area contributed by atoms with E-state index < -0.39 is 0 Å². The molecule has 7 heteroatoms. The lowest BCUT2D eigenvalue weighted by Gasteiger charge is -2.19. The van der Waals surface area contributed by atoms with Crippen LogP contribution < -0.4 is 0 Å². The van der Waals surface area contributed by atoms with Crippen molar-refractivity contribution in [3.05, 3.63) is 44.2 Å². The van der Waals surface area contributed by atoms with E-state index in [9.17, 15) is 0 Å². The molecule has 4 nitrogen and oxygen atoms in total. The Morgan fingerprint density at radius 1 is 0.821 bits per heavy atom. The number of nitrogens with zero attached hydrogens (tertiary/aromatic N) is 4. The van der Waals surface area contributed by atoms with Crippen LogP contribution in [0, 0.1) is 45.3 Å². The van der Waals surface area contributed by atoms with Crippen molar-refractivity contribution in [1.82, 2.24) is 0 Å². The molecule has 28 heavy (non-hydrogen) atoms. The van der Waals surface area contributed by atoms with Crippen LogP contribution in [0.25, 0.3) is 31.3 Å². The Morgan fingerprint density at radius 2 is 1.39 bits per heavy atom. The maximum Gasteiger partial charge on any atom is 0.131 e. The summed E-state index contributed by atoms with van der Waals surface area (Å²) in [5, 5.41) is 36.0. The van der Waals surface area contributed by atoms with Gasteiger partial charge in [0.05, 0.1) is 9.58 Å². The minimum absolute atomic E-state index is 0.103. The topological polar surface area (TPSA) is 95.2 Å². The predicted octanol–water partition coefficient (Wildman–Crippen LogP) is 6.19. The van der Waals surface area contributed by atoms with Crippen molar-refractivity contribution in [1.29, 1.82) is 21.0 Å². The molecule has 0 saturated carbocycles.